The molecule has 1 unspecified atom stereocenters. The Hall–Kier alpha value is -5.11. The van der Waals surface area contributed by atoms with Crippen molar-refractivity contribution in [1.29, 1.82) is 0 Å². The summed E-state index contributed by atoms with van der Waals surface area (Å²) in [6.07, 6.45) is -0.582. The van der Waals surface area contributed by atoms with Gasteiger partial charge >= 0.3 is 11.9 Å². The van der Waals surface area contributed by atoms with Crippen LogP contribution >= 0.6 is 11.3 Å². The normalized spacial score (nSPS) is 11.9. The van der Waals surface area contributed by atoms with Crippen molar-refractivity contribution in [2.75, 3.05) is 19.8 Å². The van der Waals surface area contributed by atoms with Gasteiger partial charge in [-0.15, -0.1) is 11.3 Å². The first kappa shape index (κ1) is 35.7. The van der Waals surface area contributed by atoms with E-state index < -0.39 is 39.8 Å². The molecule has 2 amide bonds. The van der Waals surface area contributed by atoms with E-state index in [-0.39, 0.29) is 56.6 Å². The fourth-order valence-electron chi connectivity index (χ4n) is 4.10. The van der Waals surface area contributed by atoms with Crippen LogP contribution in [0.3, 0.4) is 0 Å². The Morgan fingerprint density at radius 3 is 2.52 bits per heavy atom. The van der Waals surface area contributed by atoms with E-state index in [1.54, 1.807) is 48.5 Å². The number of amides is 2. The lowest BCUT2D eigenvalue weighted by atomic mass is 10.2. The standard InChI is InChI=1S/C29H32N6O11S2/c30-48(42,43)29-33-22-5-4-21(13-24(22)47-29)46-15-19-11-18(34-35-19)12-26(37)32-23(28(40)41)16-44-14-17-2-1-3-20(10-17)45-9-8-31-25(36)6-7-27(38)39/h1-5,10-11,13,23H,6-9,12,14-16H2,(H,31,36)(H,32,37)(H,34,35)(H,38,39)(H,40,41)(H2,30,42,43). The Morgan fingerprint density at radius 2 is 1.77 bits per heavy atom. The van der Waals surface area contributed by atoms with E-state index in [4.69, 9.17) is 24.5 Å². The highest BCUT2D eigenvalue weighted by Gasteiger charge is 2.21. The number of ether oxygens (including phenoxy) is 3. The number of rotatable bonds is 19. The number of carbonyl (C=O) groups is 4. The molecule has 48 heavy (non-hydrogen) atoms. The third-order valence-electron chi connectivity index (χ3n) is 6.35. The molecular weight excluding hydrogens is 672 g/mol. The van der Waals surface area contributed by atoms with Crippen LogP contribution in [0.2, 0.25) is 0 Å². The van der Waals surface area contributed by atoms with Crippen LogP contribution in [0.5, 0.6) is 11.5 Å². The highest BCUT2D eigenvalue weighted by atomic mass is 32.2. The number of sulfonamides is 1. The number of carboxylic acids is 2. The summed E-state index contributed by atoms with van der Waals surface area (Å²) < 4.78 is 40.3. The first-order chi connectivity index (χ1) is 22.9. The topological polar surface area (TPSA) is 262 Å². The largest absolute Gasteiger partial charge is 0.492 e. The lowest BCUT2D eigenvalue weighted by molar-refractivity contribution is -0.143. The predicted octanol–water partition coefficient (Wildman–Crippen LogP) is 0.934. The second kappa shape index (κ2) is 16.6. The van der Waals surface area contributed by atoms with Gasteiger partial charge in [-0.3, -0.25) is 19.5 Å². The van der Waals surface area contributed by atoms with Gasteiger partial charge < -0.3 is 35.1 Å². The number of benzene rings is 2. The highest BCUT2D eigenvalue weighted by Crippen LogP contribution is 2.28. The van der Waals surface area contributed by atoms with Crippen LogP contribution in [0.15, 0.2) is 52.9 Å². The molecule has 0 saturated carbocycles. The zero-order valence-electron chi connectivity index (χ0n) is 25.2. The monoisotopic (exact) mass is 704 g/mol. The Bertz CT molecular complexity index is 1880. The molecule has 0 radical (unpaired) electrons. The smallest absolute Gasteiger partial charge is 0.328 e. The van der Waals surface area contributed by atoms with Gasteiger partial charge in [0.2, 0.25) is 16.2 Å². The number of carboxylic acid groups (broad SMARTS) is 2. The van der Waals surface area contributed by atoms with Crippen molar-refractivity contribution in [3.63, 3.8) is 0 Å². The third-order valence-corrected chi connectivity index (χ3v) is 8.69. The number of aromatic amines is 1. The number of thiazole rings is 1. The maximum absolute atomic E-state index is 12.6. The maximum atomic E-state index is 12.6. The van der Waals surface area contributed by atoms with Gasteiger partial charge in [-0.05, 0) is 42.0 Å². The SMILES string of the molecule is NS(=O)(=O)c1nc2ccc(OCc3cc(CC(=O)NC(COCc4cccc(OCCNC(=O)CCC(=O)O)c4)C(=O)O)n[nH]3)cc2s1. The zero-order valence-corrected chi connectivity index (χ0v) is 26.8. The first-order valence-corrected chi connectivity index (χ1v) is 16.6. The Labute approximate surface area is 277 Å². The maximum Gasteiger partial charge on any atom is 0.328 e. The number of primary sulfonamides is 1. The Balaban J connectivity index is 1.19. The van der Waals surface area contributed by atoms with Crippen molar-refractivity contribution in [1.82, 2.24) is 25.8 Å². The van der Waals surface area contributed by atoms with Gasteiger partial charge in [0.25, 0.3) is 10.0 Å². The molecule has 0 aliphatic heterocycles. The van der Waals surface area contributed by atoms with Gasteiger partial charge in [0, 0.05) is 6.42 Å². The number of H-pyrrole nitrogens is 1. The van der Waals surface area contributed by atoms with E-state index in [1.165, 1.54) is 0 Å². The molecule has 0 aliphatic carbocycles. The Morgan fingerprint density at radius 1 is 0.979 bits per heavy atom. The minimum atomic E-state index is -3.92. The molecule has 7 N–H and O–H groups in total. The molecule has 0 bridgehead atoms. The fourth-order valence-corrected chi connectivity index (χ4v) is 5.79. The summed E-state index contributed by atoms with van der Waals surface area (Å²) in [6, 6.07) is 12.0. The molecule has 256 valence electrons. The number of hydrogen-bond acceptors (Lipinski definition) is 12. The average Bonchev–Trinajstić information content (AvgIpc) is 3.67. The van der Waals surface area contributed by atoms with Crippen LogP contribution in [-0.2, 0) is 53.6 Å². The van der Waals surface area contributed by atoms with Crippen LogP contribution < -0.4 is 25.2 Å². The van der Waals surface area contributed by atoms with Crippen LogP contribution in [0, 0.1) is 0 Å². The van der Waals surface area contributed by atoms with Crippen molar-refractivity contribution in [3.05, 3.63) is 65.5 Å². The van der Waals surface area contributed by atoms with E-state index in [2.05, 4.69) is 25.8 Å². The molecule has 0 fully saturated rings. The number of nitrogens with two attached hydrogens (primary N) is 1. The molecule has 1 atom stereocenters. The molecular formula is C29H32N6O11S2. The van der Waals surface area contributed by atoms with Crippen molar-refractivity contribution < 1.29 is 52.0 Å². The van der Waals surface area contributed by atoms with Crippen molar-refractivity contribution in [3.8, 4) is 11.5 Å². The fraction of sp³-hybridized carbons (Fsp3) is 0.310. The van der Waals surface area contributed by atoms with E-state index >= 15 is 0 Å². The number of aromatic nitrogens is 3. The summed E-state index contributed by atoms with van der Waals surface area (Å²) >= 11 is 0.920. The number of hydrogen-bond donors (Lipinski definition) is 6. The van der Waals surface area contributed by atoms with E-state index in [9.17, 15) is 32.7 Å². The van der Waals surface area contributed by atoms with Gasteiger partial charge in [0.1, 0.15) is 24.7 Å². The predicted molar refractivity (Wildman–Crippen MR) is 169 cm³/mol. The molecule has 2 aromatic heterocycles. The van der Waals surface area contributed by atoms with Crippen molar-refractivity contribution >= 4 is 55.3 Å². The van der Waals surface area contributed by atoms with Gasteiger partial charge in [0.05, 0.1) is 54.2 Å². The van der Waals surface area contributed by atoms with Gasteiger partial charge in [-0.2, -0.15) is 5.10 Å². The van der Waals surface area contributed by atoms with E-state index in [1.807, 2.05) is 0 Å². The van der Waals surface area contributed by atoms with Crippen molar-refractivity contribution in [2.24, 2.45) is 5.14 Å². The molecule has 19 heteroatoms. The first-order valence-electron chi connectivity index (χ1n) is 14.2. The van der Waals surface area contributed by atoms with Crippen molar-refractivity contribution in [2.45, 2.75) is 42.9 Å². The lowest BCUT2D eigenvalue weighted by Crippen LogP contribution is -2.44. The van der Waals surface area contributed by atoms with Crippen LogP contribution in [0.4, 0.5) is 0 Å². The number of nitrogens with zero attached hydrogens (tertiary/aromatic N) is 2. The average molecular weight is 705 g/mol. The quantitative estimate of drug-likeness (QED) is 0.0743. The minimum absolute atomic E-state index is 0.0364. The minimum Gasteiger partial charge on any atom is -0.492 e. The summed E-state index contributed by atoms with van der Waals surface area (Å²) in [5.74, 6) is -2.38. The number of nitrogens with one attached hydrogen (secondary N) is 3. The molecule has 2 aromatic carbocycles. The molecule has 4 rings (SSSR count). The second-order valence-electron chi connectivity index (χ2n) is 10.2. The summed E-state index contributed by atoms with van der Waals surface area (Å²) in [5.41, 5.74) is 2.03. The van der Waals surface area contributed by atoms with Gasteiger partial charge in [0.15, 0.2) is 6.04 Å². The molecule has 2 heterocycles. The number of carbonyl (C=O) groups excluding carboxylic acids is 2. The number of fused-ring (bicyclic) bond motifs is 1. The molecule has 4 aromatic rings. The second-order valence-corrected chi connectivity index (χ2v) is 13.0. The molecule has 0 spiro atoms. The summed E-state index contributed by atoms with van der Waals surface area (Å²) in [4.78, 5) is 50.4. The zero-order chi connectivity index (χ0) is 34.7. The molecule has 0 saturated heterocycles. The van der Waals surface area contributed by atoms with Gasteiger partial charge in [-0.25, -0.2) is 23.3 Å². The van der Waals surface area contributed by atoms with Crippen LogP contribution in [0.1, 0.15) is 29.8 Å². The van der Waals surface area contributed by atoms with E-state index in [0.717, 1.165) is 11.3 Å². The number of aliphatic carboxylic acids is 2. The van der Waals surface area contributed by atoms with Crippen LogP contribution in [-0.4, -0.2) is 83.4 Å². The summed E-state index contributed by atoms with van der Waals surface area (Å²) in [7, 11) is -3.92. The molecule has 17 nitrogen and oxygen atoms in total. The highest BCUT2D eigenvalue weighted by molar-refractivity contribution is 7.91. The molecule has 0 aliphatic rings. The lowest BCUT2D eigenvalue weighted by Gasteiger charge is -2.15. The van der Waals surface area contributed by atoms with Gasteiger partial charge in [-0.1, -0.05) is 12.1 Å². The van der Waals surface area contributed by atoms with Crippen LogP contribution in [0.25, 0.3) is 10.2 Å². The summed E-state index contributed by atoms with van der Waals surface area (Å²) in [6.45, 7) is 0.122. The van der Waals surface area contributed by atoms with E-state index in [0.29, 0.717) is 38.7 Å². The summed E-state index contributed by atoms with van der Waals surface area (Å²) in [5, 5.41) is 35.2. The Kier molecular flexibility index (Phi) is 12.4. The third kappa shape index (κ3) is 11.3.